The summed E-state index contributed by atoms with van der Waals surface area (Å²) in [5.41, 5.74) is 7.19. The van der Waals surface area contributed by atoms with Crippen molar-refractivity contribution in [2.24, 2.45) is 18.7 Å². The number of hydrogen-bond donors (Lipinski definition) is 2. The first-order valence-electron chi connectivity index (χ1n) is 5.84. The van der Waals surface area contributed by atoms with Crippen LogP contribution >= 0.6 is 0 Å². The maximum absolute atomic E-state index is 11.7. The number of aromatic amines is 1. The number of nitrogens with two attached hydrogens (primary N) is 1. The molecule has 96 valence electrons. The van der Waals surface area contributed by atoms with E-state index in [9.17, 15) is 4.79 Å². The average Bonchev–Trinajstić information content (AvgIpc) is 2.73. The molecule has 0 saturated heterocycles. The molecule has 0 spiro atoms. The maximum Gasteiger partial charge on any atom is 0.251 e. The molecule has 0 aromatic carbocycles. The smallest absolute Gasteiger partial charge is 0.251 e. The van der Waals surface area contributed by atoms with Crippen molar-refractivity contribution in [3.05, 3.63) is 34.5 Å². The summed E-state index contributed by atoms with van der Waals surface area (Å²) >= 11 is 0. The van der Waals surface area contributed by atoms with Crippen molar-refractivity contribution >= 4 is 0 Å². The summed E-state index contributed by atoms with van der Waals surface area (Å²) in [5.74, 6) is 0.712. The fraction of sp³-hybridized carbons (Fsp3) is 0.417. The SMILES string of the molecule is CC(C)C(N)c1nc(-c2ccnn2C)cc(=O)[nH]1. The van der Waals surface area contributed by atoms with Crippen molar-refractivity contribution in [1.29, 1.82) is 0 Å². The van der Waals surface area contributed by atoms with E-state index in [1.54, 1.807) is 17.9 Å². The summed E-state index contributed by atoms with van der Waals surface area (Å²) < 4.78 is 1.67. The second-order valence-corrected chi connectivity index (χ2v) is 4.63. The van der Waals surface area contributed by atoms with Gasteiger partial charge in [0, 0.05) is 19.3 Å². The Morgan fingerprint density at radius 1 is 1.44 bits per heavy atom. The highest BCUT2D eigenvalue weighted by molar-refractivity contribution is 5.53. The van der Waals surface area contributed by atoms with Crippen LogP contribution in [0.5, 0.6) is 0 Å². The number of hydrogen-bond acceptors (Lipinski definition) is 4. The standard InChI is InChI=1S/C12H17N5O/c1-7(2)11(13)12-15-8(6-10(18)16-12)9-4-5-14-17(9)3/h4-7,11H,13H2,1-3H3,(H,15,16,18). The molecule has 0 aliphatic carbocycles. The predicted octanol–water partition coefficient (Wildman–Crippen LogP) is 0.826. The Hall–Kier alpha value is -1.95. The first kappa shape index (κ1) is 12.5. The molecule has 2 aromatic rings. The van der Waals surface area contributed by atoms with Gasteiger partial charge >= 0.3 is 0 Å². The third-order valence-electron chi connectivity index (χ3n) is 2.88. The van der Waals surface area contributed by atoms with E-state index in [4.69, 9.17) is 5.73 Å². The Balaban J connectivity index is 2.51. The second-order valence-electron chi connectivity index (χ2n) is 4.63. The van der Waals surface area contributed by atoms with Crippen LogP contribution in [0, 0.1) is 5.92 Å². The van der Waals surface area contributed by atoms with Crippen molar-refractivity contribution in [2.75, 3.05) is 0 Å². The number of rotatable bonds is 3. The highest BCUT2D eigenvalue weighted by Gasteiger charge is 2.15. The van der Waals surface area contributed by atoms with Crippen LogP contribution in [0.25, 0.3) is 11.4 Å². The van der Waals surface area contributed by atoms with Gasteiger partial charge in [-0.1, -0.05) is 13.8 Å². The van der Waals surface area contributed by atoms with Crippen LogP contribution in [0.4, 0.5) is 0 Å². The number of aryl methyl sites for hydroxylation is 1. The number of H-pyrrole nitrogens is 1. The molecule has 0 amide bonds. The van der Waals surface area contributed by atoms with Gasteiger partial charge in [-0.2, -0.15) is 5.10 Å². The third kappa shape index (κ3) is 2.33. The molecular formula is C12H17N5O. The van der Waals surface area contributed by atoms with Crippen LogP contribution in [0.15, 0.2) is 23.1 Å². The van der Waals surface area contributed by atoms with Gasteiger partial charge in [-0.05, 0) is 12.0 Å². The molecule has 1 unspecified atom stereocenters. The first-order valence-corrected chi connectivity index (χ1v) is 5.84. The Bertz CT molecular complexity index is 599. The number of aromatic nitrogens is 4. The second kappa shape index (κ2) is 4.73. The zero-order valence-electron chi connectivity index (χ0n) is 10.7. The Morgan fingerprint density at radius 3 is 2.72 bits per heavy atom. The lowest BCUT2D eigenvalue weighted by Gasteiger charge is -2.15. The monoisotopic (exact) mass is 247 g/mol. The van der Waals surface area contributed by atoms with Crippen molar-refractivity contribution in [3.63, 3.8) is 0 Å². The van der Waals surface area contributed by atoms with Crippen LogP contribution in [-0.4, -0.2) is 19.7 Å². The molecule has 1 atom stereocenters. The van der Waals surface area contributed by atoms with Gasteiger partial charge in [-0.15, -0.1) is 0 Å². The van der Waals surface area contributed by atoms with Gasteiger partial charge in [0.2, 0.25) is 0 Å². The van der Waals surface area contributed by atoms with Crippen LogP contribution in [0.1, 0.15) is 25.7 Å². The lowest BCUT2D eigenvalue weighted by atomic mass is 10.0. The zero-order valence-corrected chi connectivity index (χ0v) is 10.7. The molecule has 0 aliphatic heterocycles. The Labute approximate surface area is 105 Å². The van der Waals surface area contributed by atoms with E-state index in [1.807, 2.05) is 19.9 Å². The normalized spacial score (nSPS) is 12.9. The average molecular weight is 247 g/mol. The molecule has 0 fully saturated rings. The van der Waals surface area contributed by atoms with Crippen LogP contribution < -0.4 is 11.3 Å². The summed E-state index contributed by atoms with van der Waals surface area (Å²) in [6, 6.07) is 2.98. The number of nitrogens with one attached hydrogen (secondary N) is 1. The van der Waals surface area contributed by atoms with E-state index in [0.717, 1.165) is 5.69 Å². The number of nitrogens with zero attached hydrogens (tertiary/aromatic N) is 3. The minimum atomic E-state index is -0.286. The van der Waals surface area contributed by atoms with Crippen molar-refractivity contribution in [2.45, 2.75) is 19.9 Å². The van der Waals surface area contributed by atoms with Gasteiger partial charge in [0.25, 0.3) is 5.56 Å². The molecule has 0 bridgehead atoms. The van der Waals surface area contributed by atoms with Gasteiger partial charge in [-0.3, -0.25) is 9.48 Å². The fourth-order valence-corrected chi connectivity index (χ4v) is 1.71. The topological polar surface area (TPSA) is 89.6 Å². The quantitative estimate of drug-likeness (QED) is 0.840. The lowest BCUT2D eigenvalue weighted by molar-refractivity contribution is 0.489. The van der Waals surface area contributed by atoms with Gasteiger partial charge < -0.3 is 10.7 Å². The fourth-order valence-electron chi connectivity index (χ4n) is 1.71. The molecule has 3 N–H and O–H groups in total. The van der Waals surface area contributed by atoms with E-state index in [-0.39, 0.29) is 17.5 Å². The molecule has 2 rings (SSSR count). The highest BCUT2D eigenvalue weighted by Crippen LogP contribution is 2.18. The summed E-state index contributed by atoms with van der Waals surface area (Å²) in [5, 5.41) is 4.07. The van der Waals surface area contributed by atoms with E-state index >= 15 is 0 Å². The van der Waals surface area contributed by atoms with E-state index in [1.165, 1.54) is 6.07 Å². The minimum absolute atomic E-state index is 0.202. The van der Waals surface area contributed by atoms with Crippen molar-refractivity contribution < 1.29 is 0 Å². The molecular weight excluding hydrogens is 230 g/mol. The molecule has 6 nitrogen and oxygen atoms in total. The van der Waals surface area contributed by atoms with Gasteiger partial charge in [0.1, 0.15) is 5.82 Å². The molecule has 2 heterocycles. The van der Waals surface area contributed by atoms with Crippen molar-refractivity contribution in [1.82, 2.24) is 19.7 Å². The van der Waals surface area contributed by atoms with E-state index in [2.05, 4.69) is 15.1 Å². The molecule has 2 aromatic heterocycles. The van der Waals surface area contributed by atoms with E-state index < -0.39 is 0 Å². The summed E-state index contributed by atoms with van der Waals surface area (Å²) in [7, 11) is 1.81. The third-order valence-corrected chi connectivity index (χ3v) is 2.88. The van der Waals surface area contributed by atoms with E-state index in [0.29, 0.717) is 11.5 Å². The Kier molecular flexibility index (Phi) is 3.29. The first-order chi connectivity index (χ1) is 8.49. The van der Waals surface area contributed by atoms with Gasteiger partial charge in [0.15, 0.2) is 0 Å². The highest BCUT2D eigenvalue weighted by atomic mass is 16.1. The predicted molar refractivity (Wildman–Crippen MR) is 68.8 cm³/mol. The molecule has 18 heavy (non-hydrogen) atoms. The van der Waals surface area contributed by atoms with Crippen molar-refractivity contribution in [3.8, 4) is 11.4 Å². The summed E-state index contributed by atoms with van der Waals surface area (Å²) in [6.07, 6.45) is 1.67. The Morgan fingerprint density at radius 2 is 2.17 bits per heavy atom. The van der Waals surface area contributed by atoms with Crippen LogP contribution in [0.2, 0.25) is 0 Å². The lowest BCUT2D eigenvalue weighted by Crippen LogP contribution is -2.23. The summed E-state index contributed by atoms with van der Waals surface area (Å²) in [6.45, 7) is 3.98. The van der Waals surface area contributed by atoms with Crippen LogP contribution in [0.3, 0.4) is 0 Å². The summed E-state index contributed by atoms with van der Waals surface area (Å²) in [4.78, 5) is 18.8. The van der Waals surface area contributed by atoms with Crippen LogP contribution in [-0.2, 0) is 7.05 Å². The molecule has 0 radical (unpaired) electrons. The minimum Gasteiger partial charge on any atom is -0.321 e. The largest absolute Gasteiger partial charge is 0.321 e. The van der Waals surface area contributed by atoms with Gasteiger partial charge in [0.05, 0.1) is 17.4 Å². The molecule has 6 heteroatoms. The van der Waals surface area contributed by atoms with Gasteiger partial charge in [-0.25, -0.2) is 4.98 Å². The maximum atomic E-state index is 11.7. The molecule has 0 aliphatic rings. The zero-order chi connectivity index (χ0) is 13.3. The molecule has 0 saturated carbocycles.